The first kappa shape index (κ1) is 15.5. The van der Waals surface area contributed by atoms with Crippen LogP contribution in [-0.2, 0) is 9.53 Å². The van der Waals surface area contributed by atoms with Crippen LogP contribution < -0.4 is 0 Å². The van der Waals surface area contributed by atoms with Crippen molar-refractivity contribution < 1.29 is 9.53 Å². The second-order valence-corrected chi connectivity index (χ2v) is 3.81. The van der Waals surface area contributed by atoms with Gasteiger partial charge in [0.05, 0.1) is 7.11 Å². The number of methoxy groups -OCH3 is 1. The first-order valence-electron chi connectivity index (χ1n) is 5.72. The van der Waals surface area contributed by atoms with Crippen molar-refractivity contribution in [2.45, 2.75) is 0 Å². The van der Waals surface area contributed by atoms with Crippen LogP contribution in [0.2, 0.25) is 0 Å². The van der Waals surface area contributed by atoms with Crippen LogP contribution >= 0.6 is 0 Å². The molecule has 0 unspecified atom stereocenters. The SMILES string of the molecule is COC(=O)C=C(c1ccccc1)c1ccccc1.[SbH3]. The molecular formula is C16H17O2Sb. The van der Waals surface area contributed by atoms with Gasteiger partial charge in [-0.1, -0.05) is 60.7 Å². The molecule has 0 heterocycles. The molecule has 19 heavy (non-hydrogen) atoms. The van der Waals surface area contributed by atoms with E-state index in [2.05, 4.69) is 0 Å². The number of carbonyl (C=O) groups is 1. The Labute approximate surface area is 130 Å². The van der Waals surface area contributed by atoms with Gasteiger partial charge in [-0.15, -0.1) is 0 Å². The Morgan fingerprint density at radius 3 is 1.68 bits per heavy atom. The molecule has 2 aromatic carbocycles. The van der Waals surface area contributed by atoms with Crippen molar-refractivity contribution in [3.05, 3.63) is 77.9 Å². The maximum atomic E-state index is 11.5. The van der Waals surface area contributed by atoms with E-state index in [1.807, 2.05) is 60.7 Å². The third-order valence-electron chi connectivity index (χ3n) is 2.63. The number of hydrogen-bond acceptors (Lipinski definition) is 2. The first-order chi connectivity index (χ1) is 8.81. The number of esters is 1. The summed E-state index contributed by atoms with van der Waals surface area (Å²) in [5, 5.41) is 0. The molecular weight excluding hydrogens is 346 g/mol. The Hall–Kier alpha value is -1.53. The van der Waals surface area contributed by atoms with E-state index in [0.717, 1.165) is 16.7 Å². The predicted molar refractivity (Wildman–Crippen MR) is 81.9 cm³/mol. The minimum absolute atomic E-state index is 0. The van der Waals surface area contributed by atoms with Crippen LogP contribution in [0.4, 0.5) is 0 Å². The summed E-state index contributed by atoms with van der Waals surface area (Å²) in [6.07, 6.45) is 1.52. The summed E-state index contributed by atoms with van der Waals surface area (Å²) in [6.45, 7) is 0. The van der Waals surface area contributed by atoms with Crippen LogP contribution in [-0.4, -0.2) is 37.5 Å². The van der Waals surface area contributed by atoms with Crippen molar-refractivity contribution in [1.29, 1.82) is 0 Å². The van der Waals surface area contributed by atoms with E-state index >= 15 is 0 Å². The third kappa shape index (κ3) is 4.25. The van der Waals surface area contributed by atoms with Crippen molar-refractivity contribution in [1.82, 2.24) is 0 Å². The fraction of sp³-hybridized carbons (Fsp3) is 0.0625. The van der Waals surface area contributed by atoms with Gasteiger partial charge < -0.3 is 4.74 Å². The van der Waals surface area contributed by atoms with Gasteiger partial charge in [-0.2, -0.15) is 0 Å². The zero-order valence-corrected chi connectivity index (χ0v) is 14.9. The van der Waals surface area contributed by atoms with Crippen molar-refractivity contribution >= 4 is 36.0 Å². The normalized spacial score (nSPS) is 9.11. The van der Waals surface area contributed by atoms with Gasteiger partial charge in [0, 0.05) is 6.08 Å². The van der Waals surface area contributed by atoms with Crippen LogP contribution in [0.3, 0.4) is 0 Å². The molecule has 0 saturated heterocycles. The molecule has 0 aliphatic heterocycles. The third-order valence-corrected chi connectivity index (χ3v) is 2.63. The Balaban J connectivity index is 0.00000180. The van der Waals surface area contributed by atoms with Gasteiger partial charge in [-0.25, -0.2) is 4.79 Å². The Morgan fingerprint density at radius 1 is 0.895 bits per heavy atom. The van der Waals surface area contributed by atoms with Gasteiger partial charge in [0.1, 0.15) is 0 Å². The molecule has 0 radical (unpaired) electrons. The topological polar surface area (TPSA) is 26.3 Å². The van der Waals surface area contributed by atoms with Gasteiger partial charge in [-0.3, -0.25) is 0 Å². The summed E-state index contributed by atoms with van der Waals surface area (Å²) < 4.78 is 4.71. The molecule has 0 bridgehead atoms. The van der Waals surface area contributed by atoms with E-state index in [-0.39, 0.29) is 30.4 Å². The average Bonchev–Trinajstić information content (AvgIpc) is 2.46. The van der Waals surface area contributed by atoms with Gasteiger partial charge in [0.2, 0.25) is 0 Å². The van der Waals surface area contributed by atoms with E-state index in [9.17, 15) is 4.79 Å². The summed E-state index contributed by atoms with van der Waals surface area (Å²) in [6, 6.07) is 19.6. The van der Waals surface area contributed by atoms with Crippen molar-refractivity contribution in [3.63, 3.8) is 0 Å². The van der Waals surface area contributed by atoms with Crippen LogP contribution in [0.25, 0.3) is 5.57 Å². The summed E-state index contributed by atoms with van der Waals surface area (Å²) in [5.41, 5.74) is 2.85. The van der Waals surface area contributed by atoms with Gasteiger partial charge in [-0.05, 0) is 16.7 Å². The zero-order chi connectivity index (χ0) is 12.8. The quantitative estimate of drug-likeness (QED) is 0.475. The molecule has 2 aromatic rings. The van der Waals surface area contributed by atoms with Gasteiger partial charge in [0.15, 0.2) is 0 Å². The fourth-order valence-electron chi connectivity index (χ4n) is 1.75. The molecule has 0 N–H and O–H groups in total. The van der Waals surface area contributed by atoms with E-state index < -0.39 is 0 Å². The van der Waals surface area contributed by atoms with E-state index in [0.29, 0.717) is 0 Å². The summed E-state index contributed by atoms with van der Waals surface area (Å²) >= 11 is 0. The van der Waals surface area contributed by atoms with Crippen LogP contribution in [0.5, 0.6) is 0 Å². The van der Waals surface area contributed by atoms with Crippen LogP contribution in [0.15, 0.2) is 66.7 Å². The molecule has 0 fully saturated rings. The molecule has 98 valence electrons. The summed E-state index contributed by atoms with van der Waals surface area (Å²) in [5.74, 6) is -0.349. The monoisotopic (exact) mass is 362 g/mol. The molecule has 0 aliphatic rings. The number of carbonyl (C=O) groups excluding carboxylic acids is 1. The molecule has 2 nitrogen and oxygen atoms in total. The average molecular weight is 363 g/mol. The number of hydrogen-bond donors (Lipinski definition) is 0. The summed E-state index contributed by atoms with van der Waals surface area (Å²) in [7, 11) is 1.38. The molecule has 0 saturated carbocycles. The van der Waals surface area contributed by atoms with Gasteiger partial charge >= 0.3 is 30.4 Å². The molecule has 3 heteroatoms. The summed E-state index contributed by atoms with van der Waals surface area (Å²) in [4.78, 5) is 11.5. The number of benzene rings is 2. The second kappa shape index (κ2) is 7.81. The molecule has 2 rings (SSSR count). The molecule has 0 amide bonds. The standard InChI is InChI=1S/C16H14O2.Sb.3H/c1-18-16(17)12-15(13-8-4-2-5-9-13)14-10-6-3-7-11-14;;;;/h2-12H,1H3;;;;. The first-order valence-corrected chi connectivity index (χ1v) is 5.72. The zero-order valence-electron chi connectivity index (χ0n) is 10.9. The molecule has 0 atom stereocenters. The second-order valence-electron chi connectivity index (χ2n) is 3.81. The number of ether oxygens (including phenoxy) is 1. The fourth-order valence-corrected chi connectivity index (χ4v) is 1.75. The van der Waals surface area contributed by atoms with Crippen LogP contribution in [0, 0.1) is 0 Å². The van der Waals surface area contributed by atoms with Gasteiger partial charge in [0.25, 0.3) is 0 Å². The molecule has 0 aromatic heterocycles. The molecule has 0 spiro atoms. The van der Waals surface area contributed by atoms with Crippen molar-refractivity contribution in [3.8, 4) is 0 Å². The van der Waals surface area contributed by atoms with Crippen molar-refractivity contribution in [2.75, 3.05) is 7.11 Å². The minimum atomic E-state index is -0.349. The Kier molecular flexibility index (Phi) is 6.38. The van der Waals surface area contributed by atoms with E-state index in [1.54, 1.807) is 0 Å². The van der Waals surface area contributed by atoms with Crippen molar-refractivity contribution in [2.24, 2.45) is 0 Å². The molecule has 0 aliphatic carbocycles. The number of rotatable bonds is 3. The maximum absolute atomic E-state index is 11.5. The van der Waals surface area contributed by atoms with E-state index in [4.69, 9.17) is 4.74 Å². The van der Waals surface area contributed by atoms with Crippen LogP contribution in [0.1, 0.15) is 11.1 Å². The Bertz CT molecular complexity index is 506. The predicted octanol–water partition coefficient (Wildman–Crippen LogP) is 2.11. The van der Waals surface area contributed by atoms with E-state index in [1.165, 1.54) is 13.2 Å². The Morgan fingerprint density at radius 2 is 1.32 bits per heavy atom.